The molecule has 1 amide bonds. The summed E-state index contributed by atoms with van der Waals surface area (Å²) in [4.78, 5) is 13.4. The monoisotopic (exact) mass is 408 g/mol. The van der Waals surface area contributed by atoms with Crippen molar-refractivity contribution in [2.75, 3.05) is 18.9 Å². The molecule has 0 saturated heterocycles. The highest BCUT2D eigenvalue weighted by atomic mass is 32.1. The van der Waals surface area contributed by atoms with E-state index in [9.17, 15) is 9.90 Å². The summed E-state index contributed by atoms with van der Waals surface area (Å²) >= 11 is 4.15. The topological polar surface area (TPSA) is 89.3 Å². The molecule has 0 aliphatic rings. The molecule has 8 heteroatoms. The molecule has 0 aliphatic heterocycles. The number of hydrogen-bond acceptors (Lipinski definition) is 6. The number of fused-ring (bicyclic) bond motifs is 2. The summed E-state index contributed by atoms with van der Waals surface area (Å²) in [6.45, 7) is 2.93. The maximum atomic E-state index is 12.0. The molecule has 0 aliphatic carbocycles. The number of benzene rings is 3. The number of phenols is 1. The average Bonchev–Trinajstić information content (AvgIpc) is 3.15. The van der Waals surface area contributed by atoms with Gasteiger partial charge in [-0.1, -0.05) is 6.07 Å². The number of nitrogens with zero attached hydrogens (tertiary/aromatic N) is 3. The van der Waals surface area contributed by atoms with Crippen LogP contribution in [0.2, 0.25) is 0 Å². The van der Waals surface area contributed by atoms with Crippen LogP contribution in [0.15, 0.2) is 48.5 Å². The van der Waals surface area contributed by atoms with Crippen LogP contribution < -0.4 is 10.1 Å². The van der Waals surface area contributed by atoms with E-state index in [1.165, 1.54) is 4.80 Å². The minimum absolute atomic E-state index is 0.0609. The lowest BCUT2D eigenvalue weighted by Crippen LogP contribution is -2.22. The second kappa shape index (κ2) is 8.00. The first kappa shape index (κ1) is 19.1. The predicted octanol–water partition coefficient (Wildman–Crippen LogP) is 3.34. The van der Waals surface area contributed by atoms with E-state index >= 15 is 0 Å². The second-order valence-electron chi connectivity index (χ2n) is 6.47. The molecule has 29 heavy (non-hydrogen) atoms. The Morgan fingerprint density at radius 1 is 1.10 bits per heavy atom. The van der Waals surface area contributed by atoms with Gasteiger partial charge in [-0.15, -0.1) is 15.0 Å². The van der Waals surface area contributed by atoms with Gasteiger partial charge in [-0.05, 0) is 60.2 Å². The maximum Gasteiger partial charge on any atom is 0.251 e. The van der Waals surface area contributed by atoms with Gasteiger partial charge < -0.3 is 15.2 Å². The van der Waals surface area contributed by atoms with Crippen molar-refractivity contribution in [1.29, 1.82) is 0 Å². The van der Waals surface area contributed by atoms with E-state index in [1.54, 1.807) is 24.3 Å². The van der Waals surface area contributed by atoms with E-state index in [0.29, 0.717) is 41.2 Å². The molecule has 0 saturated carbocycles. The molecule has 0 unspecified atom stereocenters. The highest BCUT2D eigenvalue weighted by molar-refractivity contribution is 7.80. The third kappa shape index (κ3) is 3.84. The summed E-state index contributed by atoms with van der Waals surface area (Å²) in [5, 5.41) is 23.9. The van der Waals surface area contributed by atoms with Crippen LogP contribution in [0.1, 0.15) is 17.3 Å². The van der Waals surface area contributed by atoms with E-state index in [4.69, 9.17) is 4.74 Å². The van der Waals surface area contributed by atoms with Gasteiger partial charge >= 0.3 is 0 Å². The average molecular weight is 408 g/mol. The van der Waals surface area contributed by atoms with Gasteiger partial charge in [-0.25, -0.2) is 0 Å². The lowest BCUT2D eigenvalue weighted by Gasteiger charge is -2.08. The zero-order valence-electron chi connectivity index (χ0n) is 15.8. The van der Waals surface area contributed by atoms with Gasteiger partial charge in [-0.2, -0.15) is 12.6 Å². The van der Waals surface area contributed by atoms with Crippen LogP contribution in [0.3, 0.4) is 0 Å². The molecular formula is C21H20N4O3S. The van der Waals surface area contributed by atoms with Crippen LogP contribution in [0.25, 0.3) is 27.5 Å². The van der Waals surface area contributed by atoms with Crippen LogP contribution in [-0.4, -0.2) is 44.9 Å². The molecule has 0 bridgehead atoms. The fourth-order valence-corrected chi connectivity index (χ4v) is 3.18. The van der Waals surface area contributed by atoms with E-state index in [1.807, 2.05) is 31.2 Å². The highest BCUT2D eigenvalue weighted by Gasteiger charge is 2.13. The van der Waals surface area contributed by atoms with Crippen LogP contribution in [-0.2, 0) is 0 Å². The molecular weight excluding hydrogens is 388 g/mol. The molecule has 3 aromatic carbocycles. The van der Waals surface area contributed by atoms with Crippen LogP contribution >= 0.6 is 12.6 Å². The molecule has 4 aromatic rings. The zero-order chi connectivity index (χ0) is 20.4. The van der Waals surface area contributed by atoms with Gasteiger partial charge in [0.2, 0.25) is 0 Å². The minimum Gasteiger partial charge on any atom is -0.506 e. The molecule has 2 N–H and O–H groups in total. The quantitative estimate of drug-likeness (QED) is 0.426. The molecule has 0 spiro atoms. The Morgan fingerprint density at radius 3 is 2.72 bits per heavy atom. The van der Waals surface area contributed by atoms with Crippen molar-refractivity contribution in [3.63, 3.8) is 0 Å². The molecule has 4 rings (SSSR count). The van der Waals surface area contributed by atoms with Gasteiger partial charge in [0.05, 0.1) is 6.61 Å². The fraction of sp³-hybridized carbons (Fsp3) is 0.190. The largest absolute Gasteiger partial charge is 0.506 e. The Balaban J connectivity index is 1.75. The van der Waals surface area contributed by atoms with E-state index < -0.39 is 0 Å². The molecule has 7 nitrogen and oxygen atoms in total. The van der Waals surface area contributed by atoms with E-state index in [0.717, 1.165) is 16.5 Å². The summed E-state index contributed by atoms with van der Waals surface area (Å²) in [6, 6.07) is 14.3. The summed E-state index contributed by atoms with van der Waals surface area (Å²) in [5.41, 5.74) is 2.15. The number of hydrogen-bond donors (Lipinski definition) is 3. The Hall–Kier alpha value is -3.26. The van der Waals surface area contributed by atoms with Crippen molar-refractivity contribution >= 4 is 40.3 Å². The second-order valence-corrected chi connectivity index (χ2v) is 6.92. The summed E-state index contributed by atoms with van der Waals surface area (Å²) in [5.74, 6) is 1.26. The number of aromatic nitrogens is 3. The molecule has 0 radical (unpaired) electrons. The molecule has 148 valence electrons. The number of rotatable bonds is 6. The number of nitrogens with one attached hydrogen (secondary N) is 1. The number of amides is 1. The zero-order valence-corrected chi connectivity index (χ0v) is 16.7. The first-order chi connectivity index (χ1) is 14.1. The van der Waals surface area contributed by atoms with Crippen molar-refractivity contribution in [2.24, 2.45) is 0 Å². The minimum atomic E-state index is -0.161. The lowest BCUT2D eigenvalue weighted by atomic mass is 10.1. The molecule has 0 atom stereocenters. The predicted molar refractivity (Wildman–Crippen MR) is 115 cm³/mol. The van der Waals surface area contributed by atoms with Crippen LogP contribution in [0.5, 0.6) is 11.5 Å². The van der Waals surface area contributed by atoms with Crippen LogP contribution in [0, 0.1) is 0 Å². The first-order valence-electron chi connectivity index (χ1n) is 9.25. The maximum absolute atomic E-state index is 12.0. The van der Waals surface area contributed by atoms with Crippen molar-refractivity contribution in [3.05, 3.63) is 54.1 Å². The van der Waals surface area contributed by atoms with Gasteiger partial charge in [0, 0.05) is 17.9 Å². The number of carbonyl (C=O) groups is 1. The van der Waals surface area contributed by atoms with Crippen molar-refractivity contribution in [2.45, 2.75) is 6.92 Å². The van der Waals surface area contributed by atoms with Gasteiger partial charge in [0.1, 0.15) is 28.2 Å². The number of ether oxygens (including phenoxy) is 1. The van der Waals surface area contributed by atoms with Gasteiger partial charge in [0.25, 0.3) is 5.91 Å². The van der Waals surface area contributed by atoms with Gasteiger partial charge in [-0.3, -0.25) is 4.79 Å². The number of aromatic hydroxyl groups is 1. The van der Waals surface area contributed by atoms with Crippen molar-refractivity contribution in [3.8, 4) is 17.2 Å². The fourth-order valence-electron chi connectivity index (χ4n) is 3.09. The third-order valence-corrected chi connectivity index (χ3v) is 4.64. The number of carbonyl (C=O) groups excluding carboxylic acids is 1. The standard InChI is InChI=1S/C21H20N4O3S/c1-2-22-21(27)14-4-6-17-18(10-14)24-25(23-17)19-11-15-9-16(28-7-8-29)5-3-13(15)12-20(19)26/h3-6,9-12,26,29H,2,7-8H2,1H3,(H,22,27). The summed E-state index contributed by atoms with van der Waals surface area (Å²) in [7, 11) is 0. The smallest absolute Gasteiger partial charge is 0.251 e. The van der Waals surface area contributed by atoms with Crippen molar-refractivity contribution in [1.82, 2.24) is 20.3 Å². The Kier molecular flexibility index (Phi) is 5.26. The summed E-state index contributed by atoms with van der Waals surface area (Å²) in [6.07, 6.45) is 0. The highest BCUT2D eigenvalue weighted by Crippen LogP contribution is 2.30. The molecule has 1 heterocycles. The molecule has 1 aromatic heterocycles. The third-order valence-electron chi connectivity index (χ3n) is 4.46. The van der Waals surface area contributed by atoms with E-state index in [2.05, 4.69) is 28.1 Å². The number of thiol groups is 1. The SMILES string of the molecule is CCNC(=O)c1ccc2nn(-c3cc4cc(OCCS)ccc4cc3O)nc2c1. The van der Waals surface area contributed by atoms with Gasteiger partial charge in [0.15, 0.2) is 0 Å². The normalized spacial score (nSPS) is 11.1. The summed E-state index contributed by atoms with van der Waals surface area (Å²) < 4.78 is 5.63. The Bertz CT molecular complexity index is 1210. The molecule has 0 fully saturated rings. The Labute approximate surface area is 172 Å². The lowest BCUT2D eigenvalue weighted by molar-refractivity contribution is 0.0956. The van der Waals surface area contributed by atoms with Crippen molar-refractivity contribution < 1.29 is 14.6 Å². The van der Waals surface area contributed by atoms with E-state index in [-0.39, 0.29) is 11.7 Å². The number of phenolic OH excluding ortho intramolecular Hbond substituents is 1. The first-order valence-corrected chi connectivity index (χ1v) is 9.88. The Morgan fingerprint density at radius 2 is 1.93 bits per heavy atom. The van der Waals surface area contributed by atoms with Crippen LogP contribution in [0.4, 0.5) is 0 Å².